The van der Waals surface area contributed by atoms with E-state index in [1.165, 1.54) is 0 Å². The van der Waals surface area contributed by atoms with Gasteiger partial charge in [0.25, 0.3) is 0 Å². The zero-order chi connectivity index (χ0) is 19.9. The lowest BCUT2D eigenvalue weighted by Crippen LogP contribution is -2.38. The second kappa shape index (κ2) is 9.21. The van der Waals surface area contributed by atoms with Crippen LogP contribution in [0, 0.1) is 0 Å². The molecule has 2 aromatic carbocycles. The highest BCUT2D eigenvalue weighted by Crippen LogP contribution is 2.30. The first-order valence-corrected chi connectivity index (χ1v) is 9.19. The molecular formula is C21H26N2O5. The van der Waals surface area contributed by atoms with E-state index >= 15 is 0 Å². The summed E-state index contributed by atoms with van der Waals surface area (Å²) in [4.78, 5) is 14.0. The van der Waals surface area contributed by atoms with Gasteiger partial charge in [0.05, 0.1) is 14.2 Å². The van der Waals surface area contributed by atoms with Gasteiger partial charge in [0.1, 0.15) is 13.2 Å². The first-order chi connectivity index (χ1) is 13.6. The molecule has 7 heteroatoms. The van der Waals surface area contributed by atoms with Crippen molar-refractivity contribution in [1.29, 1.82) is 0 Å². The van der Waals surface area contributed by atoms with Crippen LogP contribution in [0.25, 0.3) is 0 Å². The second-order valence-corrected chi connectivity index (χ2v) is 6.50. The molecule has 1 heterocycles. The number of nitrogens with zero attached hydrogens (tertiary/aromatic N) is 1. The molecule has 1 aliphatic heterocycles. The minimum absolute atomic E-state index is 0.129. The van der Waals surface area contributed by atoms with Crippen molar-refractivity contribution in [1.82, 2.24) is 10.2 Å². The Morgan fingerprint density at radius 2 is 1.71 bits per heavy atom. The lowest BCUT2D eigenvalue weighted by Gasteiger charge is -2.20. The number of methoxy groups -OCH3 is 2. The topological polar surface area (TPSA) is 69.3 Å². The molecule has 0 bridgehead atoms. The number of amides is 2. The molecule has 0 saturated heterocycles. The number of likely N-dealkylation sites (N-methyl/N-ethyl adjacent to an activating group) is 1. The van der Waals surface area contributed by atoms with Gasteiger partial charge in [-0.3, -0.25) is 0 Å². The molecule has 0 aliphatic carbocycles. The van der Waals surface area contributed by atoms with E-state index in [2.05, 4.69) is 5.32 Å². The predicted molar refractivity (Wildman–Crippen MR) is 106 cm³/mol. The van der Waals surface area contributed by atoms with Gasteiger partial charge in [0.15, 0.2) is 23.0 Å². The van der Waals surface area contributed by atoms with Crippen molar-refractivity contribution >= 4 is 6.03 Å². The number of hydrogen-bond acceptors (Lipinski definition) is 5. The molecule has 0 fully saturated rings. The van der Waals surface area contributed by atoms with Crippen LogP contribution in [0.4, 0.5) is 4.79 Å². The van der Waals surface area contributed by atoms with E-state index in [4.69, 9.17) is 18.9 Å². The smallest absolute Gasteiger partial charge is 0.317 e. The van der Waals surface area contributed by atoms with Crippen molar-refractivity contribution in [3.63, 3.8) is 0 Å². The van der Waals surface area contributed by atoms with Gasteiger partial charge >= 0.3 is 6.03 Å². The highest BCUT2D eigenvalue weighted by Gasteiger charge is 2.13. The Bertz CT molecular complexity index is 824. The zero-order valence-corrected chi connectivity index (χ0v) is 16.5. The third kappa shape index (κ3) is 4.79. The van der Waals surface area contributed by atoms with Crippen LogP contribution >= 0.6 is 0 Å². The lowest BCUT2D eigenvalue weighted by atomic mass is 10.1. The van der Waals surface area contributed by atoms with E-state index in [1.54, 1.807) is 26.2 Å². The van der Waals surface area contributed by atoms with Gasteiger partial charge in [-0.1, -0.05) is 12.1 Å². The van der Waals surface area contributed by atoms with Crippen LogP contribution in [0.1, 0.15) is 11.1 Å². The maximum atomic E-state index is 12.4. The van der Waals surface area contributed by atoms with Crippen molar-refractivity contribution in [3.05, 3.63) is 47.5 Å². The van der Waals surface area contributed by atoms with E-state index in [0.717, 1.165) is 22.6 Å². The van der Waals surface area contributed by atoms with Crippen molar-refractivity contribution in [2.45, 2.75) is 13.0 Å². The Morgan fingerprint density at radius 1 is 1.00 bits per heavy atom. The quantitative estimate of drug-likeness (QED) is 0.792. The van der Waals surface area contributed by atoms with E-state index in [0.29, 0.717) is 44.2 Å². The fourth-order valence-electron chi connectivity index (χ4n) is 2.94. The normalized spacial score (nSPS) is 12.2. The molecule has 2 aromatic rings. The van der Waals surface area contributed by atoms with E-state index in [9.17, 15) is 4.79 Å². The minimum atomic E-state index is -0.129. The molecule has 0 atom stereocenters. The summed E-state index contributed by atoms with van der Waals surface area (Å²) in [6, 6.07) is 11.3. The molecule has 0 saturated carbocycles. The highest BCUT2D eigenvalue weighted by molar-refractivity contribution is 5.73. The SMILES string of the molecule is COc1ccc(CCN(C)C(=O)NCc2ccc3c(c2)OCCO3)cc1OC. The average molecular weight is 386 g/mol. The molecule has 7 nitrogen and oxygen atoms in total. The van der Waals surface area contributed by atoms with Gasteiger partial charge in [-0.05, 0) is 41.8 Å². The van der Waals surface area contributed by atoms with Crippen LogP contribution in [0.3, 0.4) is 0 Å². The Labute approximate surface area is 165 Å². The molecule has 150 valence electrons. The second-order valence-electron chi connectivity index (χ2n) is 6.50. The fourth-order valence-corrected chi connectivity index (χ4v) is 2.94. The summed E-state index contributed by atoms with van der Waals surface area (Å²) in [5.74, 6) is 2.84. The van der Waals surface area contributed by atoms with Crippen molar-refractivity contribution in [2.75, 3.05) is 41.0 Å². The van der Waals surface area contributed by atoms with Crippen LogP contribution in [-0.2, 0) is 13.0 Å². The standard InChI is InChI=1S/C21H26N2O5/c1-23(9-8-15-4-6-17(25-2)19(12-15)26-3)21(24)22-14-16-5-7-18-20(13-16)28-11-10-27-18/h4-7,12-13H,8-11,14H2,1-3H3,(H,22,24). The van der Waals surface area contributed by atoms with Crippen LogP contribution in [-0.4, -0.2) is 52.0 Å². The van der Waals surface area contributed by atoms with Crippen LogP contribution in [0.2, 0.25) is 0 Å². The Kier molecular flexibility index (Phi) is 6.47. The van der Waals surface area contributed by atoms with Gasteiger partial charge in [-0.25, -0.2) is 4.79 Å². The van der Waals surface area contributed by atoms with Gasteiger partial charge in [0, 0.05) is 20.1 Å². The molecule has 0 radical (unpaired) electrons. The Morgan fingerprint density at radius 3 is 2.46 bits per heavy atom. The molecule has 0 aromatic heterocycles. The summed E-state index contributed by atoms with van der Waals surface area (Å²) in [5, 5.41) is 2.93. The summed E-state index contributed by atoms with van der Waals surface area (Å²) >= 11 is 0. The number of nitrogens with one attached hydrogen (secondary N) is 1. The third-order valence-corrected chi connectivity index (χ3v) is 4.58. The number of ether oxygens (including phenoxy) is 4. The lowest BCUT2D eigenvalue weighted by molar-refractivity contribution is 0.171. The number of urea groups is 1. The van der Waals surface area contributed by atoms with Crippen LogP contribution < -0.4 is 24.3 Å². The molecular weight excluding hydrogens is 360 g/mol. The van der Waals surface area contributed by atoms with E-state index < -0.39 is 0 Å². The van der Waals surface area contributed by atoms with Gasteiger partial charge in [-0.15, -0.1) is 0 Å². The minimum Gasteiger partial charge on any atom is -0.493 e. The number of fused-ring (bicyclic) bond motifs is 1. The molecule has 0 unspecified atom stereocenters. The average Bonchev–Trinajstić information content (AvgIpc) is 2.75. The summed E-state index contributed by atoms with van der Waals surface area (Å²) < 4.78 is 21.7. The monoisotopic (exact) mass is 386 g/mol. The van der Waals surface area contributed by atoms with E-state index in [1.807, 2.05) is 36.4 Å². The Hall–Kier alpha value is -3.09. The largest absolute Gasteiger partial charge is 0.493 e. The van der Waals surface area contributed by atoms with Crippen LogP contribution in [0.15, 0.2) is 36.4 Å². The number of hydrogen-bond donors (Lipinski definition) is 1. The maximum Gasteiger partial charge on any atom is 0.317 e. The number of rotatable bonds is 7. The first kappa shape index (κ1) is 19.7. The van der Waals surface area contributed by atoms with Crippen molar-refractivity contribution in [3.8, 4) is 23.0 Å². The molecule has 3 rings (SSSR count). The number of carbonyl (C=O) groups excluding carboxylic acids is 1. The fraction of sp³-hybridized carbons (Fsp3) is 0.381. The first-order valence-electron chi connectivity index (χ1n) is 9.19. The van der Waals surface area contributed by atoms with Gasteiger partial charge in [0.2, 0.25) is 0 Å². The molecule has 1 N–H and O–H groups in total. The molecule has 2 amide bonds. The highest BCUT2D eigenvalue weighted by atomic mass is 16.6. The summed E-state index contributed by atoms with van der Waals surface area (Å²) in [6.45, 7) is 2.12. The summed E-state index contributed by atoms with van der Waals surface area (Å²) in [5.41, 5.74) is 2.04. The molecule has 1 aliphatic rings. The Balaban J connectivity index is 1.49. The predicted octanol–water partition coefficient (Wildman–Crippen LogP) is 2.86. The van der Waals surface area contributed by atoms with Crippen LogP contribution in [0.5, 0.6) is 23.0 Å². The maximum absolute atomic E-state index is 12.4. The number of carbonyl (C=O) groups is 1. The molecule has 0 spiro atoms. The summed E-state index contributed by atoms with van der Waals surface area (Å²) in [6.07, 6.45) is 0.717. The van der Waals surface area contributed by atoms with Gasteiger partial charge < -0.3 is 29.2 Å². The zero-order valence-electron chi connectivity index (χ0n) is 16.5. The van der Waals surface area contributed by atoms with Gasteiger partial charge in [-0.2, -0.15) is 0 Å². The molecule has 28 heavy (non-hydrogen) atoms. The number of benzene rings is 2. The van der Waals surface area contributed by atoms with Crippen molar-refractivity contribution < 1.29 is 23.7 Å². The van der Waals surface area contributed by atoms with Crippen molar-refractivity contribution in [2.24, 2.45) is 0 Å². The van der Waals surface area contributed by atoms with E-state index in [-0.39, 0.29) is 6.03 Å². The summed E-state index contributed by atoms with van der Waals surface area (Å²) in [7, 11) is 5.00. The third-order valence-electron chi connectivity index (χ3n) is 4.58.